The van der Waals surface area contributed by atoms with Gasteiger partial charge in [0.15, 0.2) is 11.8 Å². The highest BCUT2D eigenvalue weighted by Gasteiger charge is 2.22. The van der Waals surface area contributed by atoms with Crippen LogP contribution in [0, 0.1) is 6.92 Å². The number of nitrogens with zero attached hydrogens (tertiary/aromatic N) is 2. The summed E-state index contributed by atoms with van der Waals surface area (Å²) in [4.78, 5) is 28.8. The normalized spacial score (nSPS) is 12.0. The van der Waals surface area contributed by atoms with Crippen molar-refractivity contribution in [2.45, 2.75) is 26.6 Å². The van der Waals surface area contributed by atoms with Gasteiger partial charge in [-0.05, 0) is 38.1 Å². The Kier molecular flexibility index (Phi) is 5.53. The molecule has 0 unspecified atom stereocenters. The molecule has 28 heavy (non-hydrogen) atoms. The topological polar surface area (TPSA) is 81.9 Å². The van der Waals surface area contributed by atoms with Crippen molar-refractivity contribution in [3.8, 4) is 5.75 Å². The van der Waals surface area contributed by atoms with E-state index in [1.54, 1.807) is 16.5 Å². The molecule has 1 aromatic carbocycles. The van der Waals surface area contributed by atoms with Gasteiger partial charge in [-0.15, -0.1) is 0 Å². The number of nitrogens with one attached hydrogen (secondary N) is 1. The highest BCUT2D eigenvalue weighted by Crippen LogP contribution is 2.25. The van der Waals surface area contributed by atoms with Gasteiger partial charge in [-0.2, -0.15) is 8.78 Å². The van der Waals surface area contributed by atoms with Crippen molar-refractivity contribution in [2.75, 3.05) is 5.32 Å². The van der Waals surface area contributed by atoms with Gasteiger partial charge in [0, 0.05) is 11.9 Å². The minimum atomic E-state index is -3.04. The molecule has 1 atom stereocenters. The van der Waals surface area contributed by atoms with Crippen LogP contribution in [-0.2, 0) is 9.53 Å². The van der Waals surface area contributed by atoms with Crippen LogP contribution in [0.2, 0.25) is 0 Å². The first-order valence-corrected chi connectivity index (χ1v) is 8.35. The number of alkyl halides is 2. The van der Waals surface area contributed by atoms with Gasteiger partial charge in [0.25, 0.3) is 5.91 Å². The number of rotatable bonds is 6. The SMILES string of the molecule is Cc1cccc2nc(C(=O)O[C@H](C)C(=O)Nc3ccccc3OC(F)F)cn12. The van der Waals surface area contributed by atoms with E-state index < -0.39 is 24.6 Å². The van der Waals surface area contributed by atoms with E-state index in [9.17, 15) is 18.4 Å². The molecule has 0 aliphatic heterocycles. The monoisotopic (exact) mass is 389 g/mol. The van der Waals surface area contributed by atoms with Crippen LogP contribution in [0.4, 0.5) is 14.5 Å². The number of esters is 1. The summed E-state index contributed by atoms with van der Waals surface area (Å²) in [5, 5.41) is 2.41. The molecule has 0 radical (unpaired) electrons. The number of para-hydroxylation sites is 2. The van der Waals surface area contributed by atoms with E-state index in [2.05, 4.69) is 15.0 Å². The molecule has 9 heteroatoms. The molecule has 3 aromatic rings. The van der Waals surface area contributed by atoms with E-state index in [1.807, 2.05) is 19.1 Å². The second-order valence-corrected chi connectivity index (χ2v) is 5.93. The molecule has 0 saturated heterocycles. The standard InChI is InChI=1S/C19H17F2N3O4/c1-11-6-5-9-16-22-14(10-24(11)16)18(26)27-12(2)17(25)23-13-7-3-4-8-15(13)28-19(20)21/h3-10,12,19H,1-2H3,(H,23,25)/t12-/m1/s1. The maximum atomic E-state index is 12.5. The summed E-state index contributed by atoms with van der Waals surface area (Å²) in [5.41, 5.74) is 1.54. The molecule has 1 N–H and O–H groups in total. The number of carbonyl (C=O) groups is 2. The molecule has 0 bridgehead atoms. The number of ether oxygens (including phenoxy) is 2. The number of fused-ring (bicyclic) bond motifs is 1. The fourth-order valence-corrected chi connectivity index (χ4v) is 2.52. The Hall–Kier alpha value is -3.49. The Labute approximate surface area is 158 Å². The van der Waals surface area contributed by atoms with E-state index in [4.69, 9.17) is 4.74 Å². The quantitative estimate of drug-likeness (QED) is 0.653. The van der Waals surface area contributed by atoms with Crippen LogP contribution in [0.25, 0.3) is 5.65 Å². The van der Waals surface area contributed by atoms with E-state index in [0.717, 1.165) is 5.69 Å². The lowest BCUT2D eigenvalue weighted by Crippen LogP contribution is -2.30. The van der Waals surface area contributed by atoms with Crippen molar-refractivity contribution in [3.63, 3.8) is 0 Å². The summed E-state index contributed by atoms with van der Waals surface area (Å²) >= 11 is 0. The highest BCUT2D eigenvalue weighted by atomic mass is 19.3. The molecule has 146 valence electrons. The number of anilines is 1. The molecule has 1 amide bonds. The molecular weight excluding hydrogens is 372 g/mol. The number of benzene rings is 1. The lowest BCUT2D eigenvalue weighted by atomic mass is 10.2. The van der Waals surface area contributed by atoms with E-state index in [1.165, 1.54) is 31.3 Å². The number of halogens is 2. The lowest BCUT2D eigenvalue weighted by Gasteiger charge is -2.15. The molecule has 2 heterocycles. The number of hydrogen-bond donors (Lipinski definition) is 1. The molecule has 0 fully saturated rings. The Bertz CT molecular complexity index is 1020. The second kappa shape index (κ2) is 8.03. The Morgan fingerprint density at radius 3 is 2.61 bits per heavy atom. The first-order valence-electron chi connectivity index (χ1n) is 8.35. The number of carbonyl (C=O) groups excluding carboxylic acids is 2. The number of pyridine rings is 1. The van der Waals surface area contributed by atoms with Crippen LogP contribution in [-0.4, -0.2) is 34.0 Å². The summed E-state index contributed by atoms with van der Waals surface area (Å²) in [6, 6.07) is 11.1. The van der Waals surface area contributed by atoms with Crippen LogP contribution in [0.1, 0.15) is 23.1 Å². The third-order valence-electron chi connectivity index (χ3n) is 3.92. The lowest BCUT2D eigenvalue weighted by molar-refractivity contribution is -0.123. The first-order chi connectivity index (χ1) is 13.3. The number of hydrogen-bond acceptors (Lipinski definition) is 5. The van der Waals surface area contributed by atoms with Crippen LogP contribution in [0.15, 0.2) is 48.7 Å². The number of aromatic nitrogens is 2. The molecule has 7 nitrogen and oxygen atoms in total. The molecular formula is C19H17F2N3O4. The van der Waals surface area contributed by atoms with Gasteiger partial charge in [0.1, 0.15) is 11.4 Å². The van der Waals surface area contributed by atoms with Crippen molar-refractivity contribution in [1.29, 1.82) is 0 Å². The minimum Gasteiger partial charge on any atom is -0.448 e. The van der Waals surface area contributed by atoms with E-state index >= 15 is 0 Å². The molecule has 0 aliphatic rings. The maximum absolute atomic E-state index is 12.5. The molecule has 2 aromatic heterocycles. The predicted molar refractivity (Wildman–Crippen MR) is 96.5 cm³/mol. The molecule has 3 rings (SSSR count). The summed E-state index contributed by atoms with van der Waals surface area (Å²) in [7, 11) is 0. The van der Waals surface area contributed by atoms with Gasteiger partial charge in [-0.3, -0.25) is 4.79 Å². The van der Waals surface area contributed by atoms with Crippen molar-refractivity contribution in [1.82, 2.24) is 9.38 Å². The third kappa shape index (κ3) is 4.25. The predicted octanol–water partition coefficient (Wildman–Crippen LogP) is 3.43. The van der Waals surface area contributed by atoms with Crippen LogP contribution < -0.4 is 10.1 Å². The zero-order chi connectivity index (χ0) is 20.3. The Morgan fingerprint density at radius 1 is 1.14 bits per heavy atom. The summed E-state index contributed by atoms with van der Waals surface area (Å²) in [6.07, 6.45) is 0.335. The zero-order valence-electron chi connectivity index (χ0n) is 15.1. The number of amides is 1. The second-order valence-electron chi connectivity index (χ2n) is 5.93. The number of aryl methyl sites for hydroxylation is 1. The summed E-state index contributed by atoms with van der Waals surface area (Å²) in [5.74, 6) is -1.67. The number of imidazole rings is 1. The molecule has 0 spiro atoms. The maximum Gasteiger partial charge on any atom is 0.387 e. The Balaban J connectivity index is 1.68. The van der Waals surface area contributed by atoms with Gasteiger partial charge in [0.05, 0.1) is 5.69 Å². The largest absolute Gasteiger partial charge is 0.448 e. The van der Waals surface area contributed by atoms with Crippen molar-refractivity contribution < 1.29 is 27.8 Å². The summed E-state index contributed by atoms with van der Waals surface area (Å²) < 4.78 is 36.1. The molecule has 0 saturated carbocycles. The molecule has 0 aliphatic carbocycles. The van der Waals surface area contributed by atoms with Crippen molar-refractivity contribution >= 4 is 23.2 Å². The van der Waals surface area contributed by atoms with Crippen LogP contribution in [0.3, 0.4) is 0 Å². The highest BCUT2D eigenvalue weighted by molar-refractivity contribution is 5.97. The van der Waals surface area contributed by atoms with Crippen LogP contribution >= 0.6 is 0 Å². The third-order valence-corrected chi connectivity index (χ3v) is 3.92. The van der Waals surface area contributed by atoms with Crippen molar-refractivity contribution in [3.05, 3.63) is 60.0 Å². The minimum absolute atomic E-state index is 0.0408. The zero-order valence-corrected chi connectivity index (χ0v) is 15.1. The Morgan fingerprint density at radius 2 is 1.89 bits per heavy atom. The van der Waals surface area contributed by atoms with Gasteiger partial charge >= 0.3 is 12.6 Å². The van der Waals surface area contributed by atoms with Gasteiger partial charge in [0.2, 0.25) is 0 Å². The van der Waals surface area contributed by atoms with Crippen LogP contribution in [0.5, 0.6) is 5.75 Å². The van der Waals surface area contributed by atoms with Crippen molar-refractivity contribution in [2.24, 2.45) is 0 Å². The summed E-state index contributed by atoms with van der Waals surface area (Å²) in [6.45, 7) is 0.190. The van der Waals surface area contributed by atoms with Gasteiger partial charge in [-0.1, -0.05) is 18.2 Å². The smallest absolute Gasteiger partial charge is 0.387 e. The van der Waals surface area contributed by atoms with Gasteiger partial charge in [-0.25, -0.2) is 9.78 Å². The van der Waals surface area contributed by atoms with E-state index in [0.29, 0.717) is 5.65 Å². The average molecular weight is 389 g/mol. The first kappa shape index (κ1) is 19.3. The van der Waals surface area contributed by atoms with E-state index in [-0.39, 0.29) is 17.1 Å². The van der Waals surface area contributed by atoms with Gasteiger partial charge < -0.3 is 19.2 Å². The average Bonchev–Trinajstić information content (AvgIpc) is 3.08. The fraction of sp³-hybridized carbons (Fsp3) is 0.211. The fourth-order valence-electron chi connectivity index (χ4n) is 2.52.